The molecule has 0 fully saturated rings. The Hall–Kier alpha value is -2.67. The fourth-order valence-electron chi connectivity index (χ4n) is 1.87. The number of furan rings is 1. The summed E-state index contributed by atoms with van der Waals surface area (Å²) >= 11 is 0. The number of carbonyl (C=O) groups excluding carboxylic acids is 1. The molecule has 1 aromatic heterocycles. The number of nitrogens with zero attached hydrogens (tertiary/aromatic N) is 1. The van der Waals surface area contributed by atoms with Crippen molar-refractivity contribution in [2.45, 2.75) is 12.5 Å². The molecule has 7 heteroatoms. The minimum Gasteiger partial charge on any atom is -0.467 e. The Labute approximate surface area is 120 Å². The summed E-state index contributed by atoms with van der Waals surface area (Å²) in [5.41, 5.74) is -0.253. The van der Waals surface area contributed by atoms with Crippen LogP contribution in [0.25, 0.3) is 0 Å². The van der Waals surface area contributed by atoms with Crippen LogP contribution in [0.5, 0.6) is 0 Å². The number of nitrogens with one attached hydrogen (secondary N) is 1. The van der Waals surface area contributed by atoms with Crippen LogP contribution < -0.4 is 5.32 Å². The van der Waals surface area contributed by atoms with E-state index in [-0.39, 0.29) is 24.2 Å². The fraction of sp³-hybridized carbons (Fsp3) is 0.214. The summed E-state index contributed by atoms with van der Waals surface area (Å²) < 4.78 is 5.04. The number of aliphatic hydroxyl groups is 1. The molecule has 1 atom stereocenters. The van der Waals surface area contributed by atoms with Gasteiger partial charge in [-0.1, -0.05) is 12.1 Å². The van der Waals surface area contributed by atoms with Gasteiger partial charge in [0.25, 0.3) is 11.6 Å². The van der Waals surface area contributed by atoms with Crippen LogP contribution in [-0.2, 0) is 0 Å². The molecule has 2 rings (SSSR count). The maximum absolute atomic E-state index is 11.9. The van der Waals surface area contributed by atoms with E-state index in [2.05, 4.69) is 5.32 Å². The minimum atomic E-state index is -0.828. The van der Waals surface area contributed by atoms with Crippen molar-refractivity contribution in [3.8, 4) is 0 Å². The van der Waals surface area contributed by atoms with Gasteiger partial charge in [-0.05, 0) is 24.6 Å². The molecule has 1 aromatic carbocycles. The summed E-state index contributed by atoms with van der Waals surface area (Å²) in [6, 6.07) is 9.00. The van der Waals surface area contributed by atoms with Crippen molar-refractivity contribution in [1.29, 1.82) is 0 Å². The highest BCUT2D eigenvalue weighted by atomic mass is 16.6. The number of nitro groups is 1. The first kappa shape index (κ1) is 14.7. The lowest BCUT2D eigenvalue weighted by molar-refractivity contribution is -0.385. The summed E-state index contributed by atoms with van der Waals surface area (Å²) in [6.07, 6.45) is 0.871. The van der Waals surface area contributed by atoms with E-state index in [9.17, 15) is 20.0 Å². The number of rotatable bonds is 6. The summed E-state index contributed by atoms with van der Waals surface area (Å²) in [5.74, 6) is -0.135. The first-order valence-electron chi connectivity index (χ1n) is 6.32. The van der Waals surface area contributed by atoms with E-state index in [1.165, 1.54) is 24.5 Å². The predicted octanol–water partition coefficient (Wildman–Crippen LogP) is 2.04. The molecular formula is C14H14N2O5. The van der Waals surface area contributed by atoms with E-state index in [1.807, 2.05) is 0 Å². The Kier molecular flexibility index (Phi) is 4.68. The largest absolute Gasteiger partial charge is 0.467 e. The predicted molar refractivity (Wildman–Crippen MR) is 73.7 cm³/mol. The molecule has 0 bridgehead atoms. The molecule has 1 unspecified atom stereocenters. The highest BCUT2D eigenvalue weighted by Gasteiger charge is 2.19. The van der Waals surface area contributed by atoms with Crippen LogP contribution in [0.15, 0.2) is 47.1 Å². The Morgan fingerprint density at radius 2 is 2.10 bits per heavy atom. The van der Waals surface area contributed by atoms with Gasteiger partial charge < -0.3 is 14.8 Å². The normalized spacial score (nSPS) is 11.9. The number of para-hydroxylation sites is 1. The van der Waals surface area contributed by atoms with E-state index in [4.69, 9.17) is 4.42 Å². The molecule has 110 valence electrons. The van der Waals surface area contributed by atoms with E-state index < -0.39 is 16.9 Å². The highest BCUT2D eigenvalue weighted by Crippen LogP contribution is 2.18. The van der Waals surface area contributed by atoms with Gasteiger partial charge in [0, 0.05) is 12.6 Å². The van der Waals surface area contributed by atoms with Gasteiger partial charge in [-0.3, -0.25) is 14.9 Å². The molecule has 1 amide bonds. The van der Waals surface area contributed by atoms with Gasteiger partial charge in [-0.15, -0.1) is 0 Å². The molecule has 2 N–H and O–H groups in total. The fourth-order valence-corrected chi connectivity index (χ4v) is 1.87. The number of aliphatic hydroxyl groups excluding tert-OH is 1. The smallest absolute Gasteiger partial charge is 0.282 e. The molecule has 2 aromatic rings. The molecule has 0 radical (unpaired) electrons. The number of hydrogen-bond donors (Lipinski definition) is 2. The van der Waals surface area contributed by atoms with Crippen LogP contribution in [0, 0.1) is 10.1 Å². The lowest BCUT2D eigenvalue weighted by Crippen LogP contribution is -2.26. The van der Waals surface area contributed by atoms with Gasteiger partial charge in [0.15, 0.2) is 0 Å². The van der Waals surface area contributed by atoms with E-state index in [0.717, 1.165) is 0 Å². The summed E-state index contributed by atoms with van der Waals surface area (Å²) in [4.78, 5) is 22.1. The Morgan fingerprint density at radius 3 is 2.76 bits per heavy atom. The molecule has 1 heterocycles. The zero-order valence-corrected chi connectivity index (χ0v) is 11.1. The third-order valence-corrected chi connectivity index (χ3v) is 2.92. The van der Waals surface area contributed by atoms with Gasteiger partial charge in [0.1, 0.15) is 17.4 Å². The van der Waals surface area contributed by atoms with Crippen molar-refractivity contribution >= 4 is 11.6 Å². The monoisotopic (exact) mass is 290 g/mol. The molecule has 7 nitrogen and oxygen atoms in total. The molecule has 0 saturated carbocycles. The standard InChI is InChI=1S/C14H14N2O5/c17-12(13-6-3-9-21-13)7-8-15-14(18)10-4-1-2-5-11(10)16(19)20/h1-6,9,12,17H,7-8H2,(H,15,18). The lowest BCUT2D eigenvalue weighted by atomic mass is 10.1. The maximum Gasteiger partial charge on any atom is 0.282 e. The van der Waals surface area contributed by atoms with Crippen molar-refractivity contribution in [3.05, 3.63) is 64.1 Å². The zero-order valence-electron chi connectivity index (χ0n) is 11.1. The van der Waals surface area contributed by atoms with E-state index >= 15 is 0 Å². The summed E-state index contributed by atoms with van der Waals surface area (Å²) in [7, 11) is 0. The van der Waals surface area contributed by atoms with Crippen LogP contribution in [0.3, 0.4) is 0 Å². The average molecular weight is 290 g/mol. The second kappa shape index (κ2) is 6.67. The minimum absolute atomic E-state index is 0.00464. The second-order valence-electron chi connectivity index (χ2n) is 4.35. The van der Waals surface area contributed by atoms with Crippen LogP contribution in [-0.4, -0.2) is 22.5 Å². The molecule has 0 aliphatic rings. The van der Waals surface area contributed by atoms with Crippen LogP contribution >= 0.6 is 0 Å². The first-order chi connectivity index (χ1) is 10.1. The maximum atomic E-state index is 11.9. The number of carbonyl (C=O) groups is 1. The summed E-state index contributed by atoms with van der Waals surface area (Å²) in [6.45, 7) is 0.173. The quantitative estimate of drug-likeness (QED) is 0.625. The van der Waals surface area contributed by atoms with Crippen molar-refractivity contribution in [1.82, 2.24) is 5.32 Å². The van der Waals surface area contributed by atoms with Gasteiger partial charge in [0.05, 0.1) is 11.2 Å². The third kappa shape index (κ3) is 3.67. The first-order valence-corrected chi connectivity index (χ1v) is 6.32. The Bertz CT molecular complexity index is 624. The Morgan fingerprint density at radius 1 is 1.33 bits per heavy atom. The molecule has 0 aliphatic heterocycles. The van der Waals surface area contributed by atoms with Gasteiger partial charge in [-0.25, -0.2) is 0 Å². The lowest BCUT2D eigenvalue weighted by Gasteiger charge is -2.09. The second-order valence-corrected chi connectivity index (χ2v) is 4.35. The van der Waals surface area contributed by atoms with Gasteiger partial charge in [-0.2, -0.15) is 0 Å². The molecule has 21 heavy (non-hydrogen) atoms. The van der Waals surface area contributed by atoms with Crippen LogP contribution in [0.2, 0.25) is 0 Å². The van der Waals surface area contributed by atoms with E-state index in [1.54, 1.807) is 18.2 Å². The van der Waals surface area contributed by atoms with Crippen LogP contribution in [0.1, 0.15) is 28.6 Å². The van der Waals surface area contributed by atoms with E-state index in [0.29, 0.717) is 5.76 Å². The Balaban J connectivity index is 1.92. The number of nitro benzene ring substituents is 1. The zero-order chi connectivity index (χ0) is 15.2. The third-order valence-electron chi connectivity index (χ3n) is 2.92. The van der Waals surface area contributed by atoms with Crippen molar-refractivity contribution in [2.75, 3.05) is 6.54 Å². The molecular weight excluding hydrogens is 276 g/mol. The molecule has 0 spiro atoms. The number of hydrogen-bond acceptors (Lipinski definition) is 5. The van der Waals surface area contributed by atoms with Crippen molar-refractivity contribution in [3.63, 3.8) is 0 Å². The van der Waals surface area contributed by atoms with Crippen LogP contribution in [0.4, 0.5) is 5.69 Å². The highest BCUT2D eigenvalue weighted by molar-refractivity contribution is 5.98. The number of benzene rings is 1. The molecule has 0 saturated heterocycles. The molecule has 0 aliphatic carbocycles. The topological polar surface area (TPSA) is 106 Å². The van der Waals surface area contributed by atoms with Crippen molar-refractivity contribution in [2.24, 2.45) is 0 Å². The van der Waals surface area contributed by atoms with Crippen molar-refractivity contribution < 1.29 is 19.2 Å². The van der Waals surface area contributed by atoms with Gasteiger partial charge >= 0.3 is 0 Å². The SMILES string of the molecule is O=C(NCCC(O)c1ccco1)c1ccccc1[N+](=O)[O-]. The average Bonchev–Trinajstić information content (AvgIpc) is 3.01. The van der Waals surface area contributed by atoms with Gasteiger partial charge in [0.2, 0.25) is 0 Å². The summed E-state index contributed by atoms with van der Waals surface area (Å²) in [5, 5.41) is 23.2. The number of amides is 1.